The molecule has 50 heavy (non-hydrogen) atoms. The number of hydrogen-bond acceptors (Lipinski definition) is 2. The zero-order valence-electron chi connectivity index (χ0n) is 27.4. The van der Waals surface area contributed by atoms with Crippen LogP contribution in [0.2, 0.25) is 0 Å². The van der Waals surface area contributed by atoms with E-state index in [0.717, 1.165) is 83.5 Å². The van der Waals surface area contributed by atoms with Crippen LogP contribution >= 0.6 is 0 Å². The molecule has 0 aliphatic heterocycles. The number of fused-ring (bicyclic) bond motifs is 3. The maximum Gasteiger partial charge on any atom is 0.136 e. The number of benzene rings is 8. The SMILES string of the molecule is c1ccc(-c2ccccc2N(c2ccccc2-c2ccccc2)c2c(-c3ccccc3)cccc2-c2cccc3oc4ccccc4c23)cc1. The van der Waals surface area contributed by atoms with Gasteiger partial charge in [0.15, 0.2) is 0 Å². The van der Waals surface area contributed by atoms with E-state index >= 15 is 0 Å². The quantitative estimate of drug-likeness (QED) is 0.173. The molecule has 0 radical (unpaired) electrons. The first-order valence-electron chi connectivity index (χ1n) is 17.0. The summed E-state index contributed by atoms with van der Waals surface area (Å²) in [4.78, 5) is 2.49. The van der Waals surface area contributed by atoms with Gasteiger partial charge in [0.1, 0.15) is 11.2 Å². The molecule has 0 aliphatic rings. The van der Waals surface area contributed by atoms with Crippen LogP contribution in [-0.2, 0) is 0 Å². The summed E-state index contributed by atoms with van der Waals surface area (Å²) >= 11 is 0. The second kappa shape index (κ2) is 12.8. The summed E-state index contributed by atoms with van der Waals surface area (Å²) in [6.07, 6.45) is 0. The highest BCUT2D eigenvalue weighted by Crippen LogP contribution is 2.52. The third-order valence-corrected chi connectivity index (χ3v) is 9.50. The van der Waals surface area contributed by atoms with Gasteiger partial charge in [-0.05, 0) is 46.5 Å². The second-order valence-corrected chi connectivity index (χ2v) is 12.4. The molecule has 0 saturated carbocycles. The molecule has 8 aromatic carbocycles. The summed E-state index contributed by atoms with van der Waals surface area (Å²) in [5.74, 6) is 0. The molecule has 0 fully saturated rings. The van der Waals surface area contributed by atoms with E-state index in [9.17, 15) is 0 Å². The molecule has 9 rings (SSSR count). The van der Waals surface area contributed by atoms with E-state index in [1.165, 1.54) is 0 Å². The maximum atomic E-state index is 6.44. The van der Waals surface area contributed by atoms with Crippen molar-refractivity contribution in [2.75, 3.05) is 4.90 Å². The lowest BCUT2D eigenvalue weighted by molar-refractivity contribution is 0.669. The van der Waals surface area contributed by atoms with Gasteiger partial charge in [-0.2, -0.15) is 0 Å². The van der Waals surface area contributed by atoms with Crippen LogP contribution in [0.4, 0.5) is 17.1 Å². The Bertz CT molecular complexity index is 2500. The number of rotatable bonds is 7. The molecule has 1 heterocycles. The summed E-state index contributed by atoms with van der Waals surface area (Å²) in [6, 6.07) is 71.2. The molecule has 0 amide bonds. The van der Waals surface area contributed by atoms with Crippen molar-refractivity contribution in [2.24, 2.45) is 0 Å². The van der Waals surface area contributed by atoms with Crippen LogP contribution in [0.3, 0.4) is 0 Å². The van der Waals surface area contributed by atoms with Crippen molar-refractivity contribution >= 4 is 39.0 Å². The minimum atomic E-state index is 0.876. The Hall–Kier alpha value is -6.64. The van der Waals surface area contributed by atoms with Gasteiger partial charge in [0, 0.05) is 33.0 Å². The van der Waals surface area contributed by atoms with E-state index in [1.807, 2.05) is 6.07 Å². The van der Waals surface area contributed by atoms with Crippen molar-refractivity contribution in [1.82, 2.24) is 0 Å². The number of nitrogens with zero attached hydrogens (tertiary/aromatic N) is 1. The Labute approximate surface area is 292 Å². The van der Waals surface area contributed by atoms with E-state index in [-0.39, 0.29) is 0 Å². The molecule has 0 atom stereocenters. The van der Waals surface area contributed by atoms with E-state index in [1.54, 1.807) is 0 Å². The molecule has 0 unspecified atom stereocenters. The highest BCUT2D eigenvalue weighted by Gasteiger charge is 2.27. The topological polar surface area (TPSA) is 16.4 Å². The zero-order chi connectivity index (χ0) is 33.3. The van der Waals surface area contributed by atoms with Crippen molar-refractivity contribution in [1.29, 1.82) is 0 Å². The van der Waals surface area contributed by atoms with Crippen molar-refractivity contribution < 1.29 is 4.42 Å². The minimum Gasteiger partial charge on any atom is -0.456 e. The third kappa shape index (κ3) is 5.15. The maximum absolute atomic E-state index is 6.44. The Morgan fingerprint density at radius 2 is 0.720 bits per heavy atom. The summed E-state index contributed by atoms with van der Waals surface area (Å²) in [5, 5.41) is 2.22. The van der Waals surface area contributed by atoms with E-state index in [0.29, 0.717) is 0 Å². The number of furan rings is 1. The van der Waals surface area contributed by atoms with Gasteiger partial charge >= 0.3 is 0 Å². The van der Waals surface area contributed by atoms with Crippen LogP contribution in [0, 0.1) is 0 Å². The van der Waals surface area contributed by atoms with Gasteiger partial charge in [0.05, 0.1) is 17.1 Å². The number of para-hydroxylation sites is 4. The van der Waals surface area contributed by atoms with Crippen LogP contribution in [0.15, 0.2) is 205 Å². The molecule has 0 N–H and O–H groups in total. The summed E-state index contributed by atoms with van der Waals surface area (Å²) in [6.45, 7) is 0. The number of anilines is 3. The molecule has 9 aromatic rings. The average Bonchev–Trinajstić information content (AvgIpc) is 3.59. The molecule has 0 saturated heterocycles. The largest absolute Gasteiger partial charge is 0.456 e. The van der Waals surface area contributed by atoms with Crippen LogP contribution in [0.25, 0.3) is 66.4 Å². The number of hydrogen-bond donors (Lipinski definition) is 0. The first kappa shape index (κ1) is 29.5. The van der Waals surface area contributed by atoms with Crippen molar-refractivity contribution in [3.8, 4) is 44.5 Å². The average molecular weight is 640 g/mol. The van der Waals surface area contributed by atoms with Gasteiger partial charge in [0.2, 0.25) is 0 Å². The van der Waals surface area contributed by atoms with Crippen LogP contribution in [0.1, 0.15) is 0 Å². The molecule has 0 spiro atoms. The monoisotopic (exact) mass is 639 g/mol. The standard InChI is InChI=1S/C48H33NO/c1-4-18-34(19-5-1)37-24-10-13-30-43(37)49(44-31-14-11-25-38(44)35-20-6-2-7-21-35)48-39(36-22-8-3-9-23-36)27-16-29-41(48)40-28-17-33-46-47(40)42-26-12-15-32-45(42)50-46/h1-33H. The summed E-state index contributed by atoms with van der Waals surface area (Å²) in [7, 11) is 0. The zero-order valence-corrected chi connectivity index (χ0v) is 27.4. The van der Waals surface area contributed by atoms with Crippen LogP contribution in [-0.4, -0.2) is 0 Å². The van der Waals surface area contributed by atoms with E-state index in [4.69, 9.17) is 4.42 Å². The molecule has 0 aliphatic carbocycles. The molecular formula is C48H33NO. The van der Waals surface area contributed by atoms with Gasteiger partial charge in [-0.1, -0.05) is 176 Å². The van der Waals surface area contributed by atoms with Crippen LogP contribution < -0.4 is 4.90 Å². The van der Waals surface area contributed by atoms with Gasteiger partial charge in [0.25, 0.3) is 0 Å². The Kier molecular flexibility index (Phi) is 7.53. The Balaban J connectivity index is 1.44. The van der Waals surface area contributed by atoms with Gasteiger partial charge < -0.3 is 9.32 Å². The van der Waals surface area contributed by atoms with Crippen molar-refractivity contribution in [3.05, 3.63) is 200 Å². The first-order chi connectivity index (χ1) is 24.8. The first-order valence-corrected chi connectivity index (χ1v) is 17.0. The lowest BCUT2D eigenvalue weighted by atomic mass is 9.90. The van der Waals surface area contributed by atoms with Crippen molar-refractivity contribution in [3.63, 3.8) is 0 Å². The van der Waals surface area contributed by atoms with Gasteiger partial charge in [-0.25, -0.2) is 0 Å². The summed E-state index contributed by atoms with van der Waals surface area (Å²) in [5.41, 5.74) is 14.2. The van der Waals surface area contributed by atoms with Gasteiger partial charge in [-0.15, -0.1) is 0 Å². The van der Waals surface area contributed by atoms with Gasteiger partial charge in [-0.3, -0.25) is 0 Å². The fourth-order valence-corrected chi connectivity index (χ4v) is 7.28. The molecular weight excluding hydrogens is 607 g/mol. The predicted molar refractivity (Wildman–Crippen MR) is 210 cm³/mol. The normalized spacial score (nSPS) is 11.2. The smallest absolute Gasteiger partial charge is 0.136 e. The lowest BCUT2D eigenvalue weighted by Crippen LogP contribution is -2.15. The fourth-order valence-electron chi connectivity index (χ4n) is 7.28. The Morgan fingerprint density at radius 3 is 1.34 bits per heavy atom. The van der Waals surface area contributed by atoms with E-state index < -0.39 is 0 Å². The molecule has 2 heteroatoms. The van der Waals surface area contributed by atoms with Crippen LogP contribution in [0.5, 0.6) is 0 Å². The van der Waals surface area contributed by atoms with E-state index in [2.05, 4.69) is 199 Å². The predicted octanol–water partition coefficient (Wildman–Crippen LogP) is 13.7. The second-order valence-electron chi connectivity index (χ2n) is 12.4. The minimum absolute atomic E-state index is 0.876. The molecule has 1 aromatic heterocycles. The lowest BCUT2D eigenvalue weighted by Gasteiger charge is -2.33. The highest BCUT2D eigenvalue weighted by atomic mass is 16.3. The fraction of sp³-hybridized carbons (Fsp3) is 0. The Morgan fingerprint density at radius 1 is 0.300 bits per heavy atom. The summed E-state index contributed by atoms with van der Waals surface area (Å²) < 4.78 is 6.44. The highest BCUT2D eigenvalue weighted by molar-refractivity contribution is 6.15. The third-order valence-electron chi connectivity index (χ3n) is 9.50. The molecule has 2 nitrogen and oxygen atoms in total. The molecule has 236 valence electrons. The van der Waals surface area contributed by atoms with Crippen molar-refractivity contribution in [2.45, 2.75) is 0 Å². The molecule has 0 bridgehead atoms.